The number of thiazole rings is 1. The summed E-state index contributed by atoms with van der Waals surface area (Å²) in [5, 5.41) is 2.53. The smallest absolute Gasteiger partial charge is 0.277 e. The van der Waals surface area contributed by atoms with E-state index in [-0.39, 0.29) is 32.8 Å². The van der Waals surface area contributed by atoms with Gasteiger partial charge in [0.05, 0.1) is 5.70 Å². The first-order chi connectivity index (χ1) is 15.8. The second-order valence-electron chi connectivity index (χ2n) is 7.35. The Morgan fingerprint density at radius 2 is 1.94 bits per heavy atom. The zero-order chi connectivity index (χ0) is 24.0. The van der Waals surface area contributed by atoms with Crippen LogP contribution in [0, 0.1) is 11.6 Å². The number of amides is 1. The van der Waals surface area contributed by atoms with Crippen LogP contribution in [-0.4, -0.2) is 47.7 Å². The van der Waals surface area contributed by atoms with Gasteiger partial charge in [0.15, 0.2) is 5.69 Å². The summed E-state index contributed by atoms with van der Waals surface area (Å²) in [6.07, 6.45) is 2.10. The first-order valence-electron chi connectivity index (χ1n) is 10.3. The van der Waals surface area contributed by atoms with Crippen molar-refractivity contribution in [1.29, 1.82) is 0 Å². The van der Waals surface area contributed by atoms with Gasteiger partial charge in [-0.3, -0.25) is 9.79 Å². The number of carbonyl (C=O) groups excluding carboxylic acids is 1. The van der Waals surface area contributed by atoms with Crippen molar-refractivity contribution in [3.63, 3.8) is 0 Å². The number of nitrogens with two attached hydrogens (primary N) is 2. The summed E-state index contributed by atoms with van der Waals surface area (Å²) in [7, 11) is 0. The summed E-state index contributed by atoms with van der Waals surface area (Å²) in [4.78, 5) is 22.8. The molecule has 5 N–H and O–H groups in total. The topological polar surface area (TPSA) is 110 Å². The fraction of sp³-hybridized carbons (Fsp3) is 0.381. The summed E-state index contributed by atoms with van der Waals surface area (Å²) in [6.45, 7) is 0.412. The second kappa shape index (κ2) is 11.1. The van der Waals surface area contributed by atoms with Gasteiger partial charge >= 0.3 is 0 Å². The second-order valence-corrected chi connectivity index (χ2v) is 8.38. The highest BCUT2D eigenvalue weighted by Crippen LogP contribution is 2.32. The summed E-state index contributed by atoms with van der Waals surface area (Å²) in [6, 6.07) is 2.87. The molecule has 2 heterocycles. The zero-order valence-electron chi connectivity index (χ0n) is 17.7. The van der Waals surface area contributed by atoms with E-state index in [4.69, 9.17) is 11.5 Å². The standard InChI is InChI=1S/C21H24F4N6OS/c22-12-5-6-14(23)13(9-12)21-30-17(18(27)33-21)20(32)29-15(10-26)19(28-11-16(24)25)31-7-3-1-2-4-8-31/h5-6,9-10,16H,1-4,7-8,11,26-27H2,(H,29,32)/b15-10+,28-19?. The van der Waals surface area contributed by atoms with E-state index in [1.807, 2.05) is 4.90 Å². The molecule has 1 amide bonds. The van der Waals surface area contributed by atoms with Crippen LogP contribution in [0.1, 0.15) is 36.2 Å². The molecule has 1 fully saturated rings. The quantitative estimate of drug-likeness (QED) is 0.329. The highest BCUT2D eigenvalue weighted by Gasteiger charge is 2.24. The van der Waals surface area contributed by atoms with Gasteiger partial charge in [0.25, 0.3) is 12.3 Å². The van der Waals surface area contributed by atoms with Crippen molar-refractivity contribution >= 4 is 28.1 Å². The van der Waals surface area contributed by atoms with Gasteiger partial charge in [-0.1, -0.05) is 24.2 Å². The highest BCUT2D eigenvalue weighted by atomic mass is 32.1. The molecule has 0 saturated carbocycles. The molecule has 0 radical (unpaired) electrons. The van der Waals surface area contributed by atoms with Gasteiger partial charge < -0.3 is 21.7 Å². The van der Waals surface area contributed by atoms with Crippen molar-refractivity contribution in [2.45, 2.75) is 32.1 Å². The molecule has 0 aliphatic carbocycles. The predicted octanol–water partition coefficient (Wildman–Crippen LogP) is 3.74. The van der Waals surface area contributed by atoms with Gasteiger partial charge in [-0.05, 0) is 31.0 Å². The number of likely N-dealkylation sites (tertiary alicyclic amines) is 1. The Morgan fingerprint density at radius 1 is 1.24 bits per heavy atom. The number of carbonyl (C=O) groups is 1. The molecule has 0 unspecified atom stereocenters. The number of nitrogens with one attached hydrogen (secondary N) is 1. The third-order valence-electron chi connectivity index (χ3n) is 4.97. The zero-order valence-corrected chi connectivity index (χ0v) is 18.5. The summed E-state index contributed by atoms with van der Waals surface area (Å²) in [5.41, 5.74) is 11.3. The van der Waals surface area contributed by atoms with E-state index < -0.39 is 30.5 Å². The number of aromatic nitrogens is 1. The van der Waals surface area contributed by atoms with Gasteiger partial charge in [0.2, 0.25) is 0 Å². The van der Waals surface area contributed by atoms with Crippen LogP contribution in [0.25, 0.3) is 10.6 Å². The number of rotatable bonds is 6. The lowest BCUT2D eigenvalue weighted by Crippen LogP contribution is -2.40. The lowest BCUT2D eigenvalue weighted by molar-refractivity contribution is 0.0964. The van der Waals surface area contributed by atoms with Crippen molar-refractivity contribution in [1.82, 2.24) is 15.2 Å². The molecule has 33 heavy (non-hydrogen) atoms. The fourth-order valence-electron chi connectivity index (χ4n) is 3.42. The molecule has 178 valence electrons. The third-order valence-corrected chi connectivity index (χ3v) is 5.89. The number of benzene rings is 1. The molecule has 2 aromatic rings. The van der Waals surface area contributed by atoms with Crippen LogP contribution in [0.3, 0.4) is 0 Å². The first-order valence-corrected chi connectivity index (χ1v) is 11.1. The number of alkyl halides is 2. The van der Waals surface area contributed by atoms with Gasteiger partial charge in [-0.15, -0.1) is 0 Å². The monoisotopic (exact) mass is 484 g/mol. The molecule has 3 rings (SSSR count). The Kier molecular flexibility index (Phi) is 8.26. The van der Waals surface area contributed by atoms with Crippen molar-refractivity contribution in [3.8, 4) is 10.6 Å². The van der Waals surface area contributed by atoms with Crippen molar-refractivity contribution in [3.05, 3.63) is 47.4 Å². The van der Waals surface area contributed by atoms with E-state index in [0.29, 0.717) is 13.1 Å². The molecule has 1 aromatic carbocycles. The van der Waals surface area contributed by atoms with Crippen LogP contribution < -0.4 is 16.8 Å². The lowest BCUT2D eigenvalue weighted by Gasteiger charge is -2.26. The average molecular weight is 485 g/mol. The predicted molar refractivity (Wildman–Crippen MR) is 120 cm³/mol. The van der Waals surface area contributed by atoms with E-state index >= 15 is 0 Å². The van der Waals surface area contributed by atoms with Crippen LogP contribution in [0.4, 0.5) is 22.6 Å². The van der Waals surface area contributed by atoms with Crippen molar-refractivity contribution in [2.24, 2.45) is 10.7 Å². The minimum Gasteiger partial charge on any atom is -0.403 e. The van der Waals surface area contributed by atoms with Gasteiger partial charge in [0.1, 0.15) is 34.0 Å². The molecule has 7 nitrogen and oxygen atoms in total. The van der Waals surface area contributed by atoms with E-state index in [0.717, 1.165) is 61.4 Å². The van der Waals surface area contributed by atoms with E-state index in [2.05, 4.69) is 15.3 Å². The highest BCUT2D eigenvalue weighted by molar-refractivity contribution is 7.19. The largest absolute Gasteiger partial charge is 0.403 e. The molecule has 1 aliphatic heterocycles. The summed E-state index contributed by atoms with van der Waals surface area (Å²) in [5.74, 6) is -2.01. The van der Waals surface area contributed by atoms with E-state index in [1.54, 1.807) is 0 Å². The van der Waals surface area contributed by atoms with Crippen molar-refractivity contribution in [2.75, 3.05) is 25.4 Å². The SMILES string of the molecule is N/C=C(/NC(=O)c1nc(-c2cc(F)ccc2F)sc1N)C(=NCC(F)F)N1CCCCCC1. The Bertz CT molecular complexity index is 1050. The molecular formula is C21H24F4N6OS. The Labute approximate surface area is 192 Å². The molecule has 1 saturated heterocycles. The van der Waals surface area contributed by atoms with Crippen molar-refractivity contribution < 1.29 is 22.4 Å². The van der Waals surface area contributed by atoms with Gasteiger partial charge in [-0.2, -0.15) is 0 Å². The Hall–Kier alpha value is -3.15. The minimum absolute atomic E-state index is 0.0204. The molecular weight excluding hydrogens is 460 g/mol. The minimum atomic E-state index is -2.67. The molecule has 0 bridgehead atoms. The number of nitrogens with zero attached hydrogens (tertiary/aromatic N) is 3. The fourth-order valence-corrected chi connectivity index (χ4v) is 4.26. The molecule has 1 aromatic heterocycles. The molecule has 0 spiro atoms. The lowest BCUT2D eigenvalue weighted by atomic mass is 10.2. The van der Waals surface area contributed by atoms with Gasteiger partial charge in [0, 0.05) is 24.9 Å². The molecule has 0 atom stereocenters. The molecule has 12 heteroatoms. The summed E-state index contributed by atoms with van der Waals surface area (Å²) < 4.78 is 53.4. The average Bonchev–Trinajstić information content (AvgIpc) is 2.97. The molecule has 1 aliphatic rings. The Balaban J connectivity index is 1.86. The number of anilines is 1. The van der Waals surface area contributed by atoms with Crippen LogP contribution in [0.2, 0.25) is 0 Å². The number of hydrogen-bond donors (Lipinski definition) is 3. The number of amidine groups is 1. The van der Waals surface area contributed by atoms with Crippen LogP contribution in [-0.2, 0) is 0 Å². The van der Waals surface area contributed by atoms with Crippen LogP contribution >= 0.6 is 11.3 Å². The number of hydrogen-bond acceptors (Lipinski definition) is 6. The third kappa shape index (κ3) is 6.21. The first kappa shape index (κ1) is 24.5. The number of nitrogen functional groups attached to an aromatic ring is 1. The normalized spacial score (nSPS) is 15.6. The Morgan fingerprint density at radius 3 is 2.58 bits per heavy atom. The van der Waals surface area contributed by atoms with E-state index in [1.165, 1.54) is 0 Å². The number of halogens is 4. The van der Waals surface area contributed by atoms with Crippen LogP contribution in [0.15, 0.2) is 35.1 Å². The summed E-state index contributed by atoms with van der Waals surface area (Å²) >= 11 is 0.815. The maximum atomic E-state index is 14.1. The van der Waals surface area contributed by atoms with Crippen LogP contribution in [0.5, 0.6) is 0 Å². The maximum absolute atomic E-state index is 14.1. The van der Waals surface area contributed by atoms with Gasteiger partial charge in [-0.25, -0.2) is 22.5 Å². The number of aliphatic imine (C=N–C) groups is 1. The maximum Gasteiger partial charge on any atom is 0.277 e. The van der Waals surface area contributed by atoms with E-state index in [9.17, 15) is 22.4 Å².